The quantitative estimate of drug-likeness (QED) is 0.486. The molecule has 1 saturated heterocycles. The number of fused-ring (bicyclic) bond motifs is 1. The number of ether oxygens (including phenoxy) is 1. The third-order valence-electron chi connectivity index (χ3n) is 8.14. The summed E-state index contributed by atoms with van der Waals surface area (Å²) in [7, 11) is 0. The van der Waals surface area contributed by atoms with Gasteiger partial charge in [0.2, 0.25) is 5.91 Å². The topological polar surface area (TPSA) is 70.9 Å². The first-order valence-corrected chi connectivity index (χ1v) is 13.8. The molecule has 2 amide bonds. The summed E-state index contributed by atoms with van der Waals surface area (Å²) < 4.78 is 7.38. The lowest BCUT2D eigenvalue weighted by Crippen LogP contribution is -2.46. The average Bonchev–Trinajstić information content (AvgIpc) is 3.49. The first-order chi connectivity index (χ1) is 18.6. The highest BCUT2D eigenvalue weighted by atomic mass is 16.5. The Labute approximate surface area is 223 Å². The molecule has 3 aromatic rings. The normalized spacial score (nSPS) is 20.0. The third-order valence-corrected chi connectivity index (χ3v) is 8.14. The van der Waals surface area contributed by atoms with Crippen molar-refractivity contribution in [2.24, 2.45) is 0 Å². The van der Waals surface area contributed by atoms with Crippen molar-refractivity contribution in [2.75, 3.05) is 41.0 Å². The summed E-state index contributed by atoms with van der Waals surface area (Å²) in [6.45, 7) is 4.95. The first-order valence-electron chi connectivity index (χ1n) is 13.8. The van der Waals surface area contributed by atoms with E-state index in [-0.39, 0.29) is 24.4 Å². The molecule has 1 aromatic heterocycles. The summed E-state index contributed by atoms with van der Waals surface area (Å²) in [5.74, 6) is 0.622. The van der Waals surface area contributed by atoms with E-state index in [1.54, 1.807) is 11.1 Å². The lowest BCUT2D eigenvalue weighted by Gasteiger charge is -2.34. The minimum atomic E-state index is -0.704. The van der Waals surface area contributed by atoms with Crippen molar-refractivity contribution < 1.29 is 14.3 Å². The molecular weight excluding hydrogens is 478 g/mol. The van der Waals surface area contributed by atoms with Crippen LogP contribution in [-0.2, 0) is 20.9 Å². The molecule has 3 heterocycles. The van der Waals surface area contributed by atoms with E-state index in [4.69, 9.17) is 4.74 Å². The van der Waals surface area contributed by atoms with Crippen LogP contribution >= 0.6 is 0 Å². The van der Waals surface area contributed by atoms with Crippen molar-refractivity contribution in [3.63, 3.8) is 0 Å². The summed E-state index contributed by atoms with van der Waals surface area (Å²) in [6, 6.07) is 15.5. The molecule has 0 radical (unpaired) electrons. The summed E-state index contributed by atoms with van der Waals surface area (Å²) >= 11 is 0. The van der Waals surface area contributed by atoms with Gasteiger partial charge in [-0.15, -0.1) is 0 Å². The summed E-state index contributed by atoms with van der Waals surface area (Å²) in [5, 5.41) is 0. The Morgan fingerprint density at radius 2 is 1.84 bits per heavy atom. The number of para-hydroxylation sites is 1. The molecular formula is C30H35N5O3. The zero-order valence-electron chi connectivity index (χ0n) is 22.0. The smallest absolute Gasteiger partial charge is 0.255 e. The van der Waals surface area contributed by atoms with Crippen molar-refractivity contribution in [2.45, 2.75) is 57.7 Å². The fourth-order valence-electron chi connectivity index (χ4n) is 6.18. The molecule has 3 aliphatic rings. The molecule has 198 valence electrons. The number of nitrogens with zero attached hydrogens (tertiary/aromatic N) is 5. The number of anilines is 3. The minimum Gasteiger partial charge on any atom is -0.378 e. The number of carbonyl (C=O) groups is 2. The number of benzene rings is 2. The van der Waals surface area contributed by atoms with Crippen LogP contribution in [0.15, 0.2) is 60.9 Å². The zero-order valence-corrected chi connectivity index (χ0v) is 22.0. The van der Waals surface area contributed by atoms with Crippen LogP contribution in [0.1, 0.15) is 49.5 Å². The Morgan fingerprint density at radius 1 is 1.05 bits per heavy atom. The molecule has 2 fully saturated rings. The monoisotopic (exact) mass is 513 g/mol. The molecule has 1 unspecified atom stereocenters. The van der Waals surface area contributed by atoms with Gasteiger partial charge in [0.1, 0.15) is 18.4 Å². The second kappa shape index (κ2) is 10.6. The lowest BCUT2D eigenvalue weighted by molar-refractivity contribution is -0.125. The van der Waals surface area contributed by atoms with Gasteiger partial charge in [0, 0.05) is 54.2 Å². The van der Waals surface area contributed by atoms with Crippen LogP contribution in [0, 0.1) is 6.92 Å². The van der Waals surface area contributed by atoms with Crippen molar-refractivity contribution in [3.05, 3.63) is 72.3 Å². The van der Waals surface area contributed by atoms with Gasteiger partial charge in [0.05, 0.1) is 13.2 Å². The van der Waals surface area contributed by atoms with E-state index in [9.17, 15) is 9.59 Å². The highest BCUT2D eigenvalue weighted by molar-refractivity contribution is 6.11. The van der Waals surface area contributed by atoms with Gasteiger partial charge in [0.25, 0.3) is 5.91 Å². The Hall–Kier alpha value is -3.65. The first kappa shape index (κ1) is 24.7. The van der Waals surface area contributed by atoms with E-state index < -0.39 is 6.04 Å². The van der Waals surface area contributed by atoms with Crippen LogP contribution in [0.2, 0.25) is 0 Å². The highest BCUT2D eigenvalue weighted by Gasteiger charge is 2.45. The second-order valence-corrected chi connectivity index (χ2v) is 10.4. The van der Waals surface area contributed by atoms with Gasteiger partial charge in [-0.05, 0) is 44.0 Å². The highest BCUT2D eigenvalue weighted by Crippen LogP contribution is 2.44. The van der Waals surface area contributed by atoms with Gasteiger partial charge in [-0.1, -0.05) is 43.5 Å². The molecule has 2 aromatic carbocycles. The van der Waals surface area contributed by atoms with Crippen LogP contribution in [0.4, 0.5) is 17.1 Å². The Bertz CT molecular complexity index is 1310. The Balaban J connectivity index is 1.42. The maximum absolute atomic E-state index is 14.3. The summed E-state index contributed by atoms with van der Waals surface area (Å²) in [5.41, 5.74) is 3.60. The van der Waals surface area contributed by atoms with E-state index >= 15 is 0 Å². The van der Waals surface area contributed by atoms with Crippen LogP contribution in [0.25, 0.3) is 0 Å². The van der Waals surface area contributed by atoms with Crippen LogP contribution in [0.5, 0.6) is 0 Å². The van der Waals surface area contributed by atoms with E-state index in [1.165, 1.54) is 6.42 Å². The van der Waals surface area contributed by atoms with Crippen molar-refractivity contribution >= 4 is 28.9 Å². The number of imidazole rings is 1. The second-order valence-electron chi connectivity index (χ2n) is 10.4. The summed E-state index contributed by atoms with van der Waals surface area (Å²) in [6.07, 6.45) is 8.99. The van der Waals surface area contributed by atoms with Crippen molar-refractivity contribution in [3.8, 4) is 0 Å². The third kappa shape index (κ3) is 4.58. The minimum absolute atomic E-state index is 0.00872. The van der Waals surface area contributed by atoms with Gasteiger partial charge >= 0.3 is 0 Å². The summed E-state index contributed by atoms with van der Waals surface area (Å²) in [4.78, 5) is 38.8. The SMILES string of the molecule is Cc1nccn1CC(=O)N(c1cccc(N2CCOCC2)c1)C1C(=O)N(C2CCCCC2)c2ccccc21. The Morgan fingerprint density at radius 3 is 2.61 bits per heavy atom. The predicted octanol–water partition coefficient (Wildman–Crippen LogP) is 4.48. The largest absolute Gasteiger partial charge is 0.378 e. The fraction of sp³-hybridized carbons (Fsp3) is 0.433. The number of aryl methyl sites for hydroxylation is 1. The molecule has 0 N–H and O–H groups in total. The molecule has 1 aliphatic carbocycles. The van der Waals surface area contributed by atoms with Gasteiger partial charge in [0.15, 0.2) is 0 Å². The maximum atomic E-state index is 14.3. The number of aromatic nitrogens is 2. The molecule has 1 atom stereocenters. The Kier molecular flexibility index (Phi) is 6.89. The van der Waals surface area contributed by atoms with Crippen LogP contribution in [-0.4, -0.2) is 53.7 Å². The number of morpholine rings is 1. The van der Waals surface area contributed by atoms with E-state index in [0.717, 1.165) is 67.2 Å². The van der Waals surface area contributed by atoms with E-state index in [2.05, 4.69) is 16.0 Å². The number of hydrogen-bond acceptors (Lipinski definition) is 5. The van der Waals surface area contributed by atoms with Crippen molar-refractivity contribution in [1.82, 2.24) is 9.55 Å². The lowest BCUT2D eigenvalue weighted by atomic mass is 9.94. The zero-order chi connectivity index (χ0) is 26.1. The molecule has 0 bridgehead atoms. The van der Waals surface area contributed by atoms with Gasteiger partial charge < -0.3 is 19.1 Å². The van der Waals surface area contributed by atoms with Crippen molar-refractivity contribution in [1.29, 1.82) is 0 Å². The standard InChI is InChI=1S/C30H35N5O3/c1-22-31-14-15-33(22)21-28(36)35(25-11-7-10-24(20-25)32-16-18-38-19-17-32)29-26-12-5-6-13-27(26)34(30(29)37)23-8-3-2-4-9-23/h5-7,10-15,20,23,29H,2-4,8-9,16-19,21H2,1H3. The van der Waals surface area contributed by atoms with Gasteiger partial charge in [-0.2, -0.15) is 0 Å². The van der Waals surface area contributed by atoms with E-state index in [0.29, 0.717) is 13.2 Å². The molecule has 6 rings (SSSR count). The number of hydrogen-bond donors (Lipinski definition) is 0. The molecule has 38 heavy (non-hydrogen) atoms. The molecule has 0 spiro atoms. The number of rotatable bonds is 6. The number of amides is 2. The molecule has 1 saturated carbocycles. The fourth-order valence-corrected chi connectivity index (χ4v) is 6.18. The van der Waals surface area contributed by atoms with Crippen LogP contribution in [0.3, 0.4) is 0 Å². The van der Waals surface area contributed by atoms with Gasteiger partial charge in [-0.25, -0.2) is 4.98 Å². The predicted molar refractivity (Wildman–Crippen MR) is 147 cm³/mol. The maximum Gasteiger partial charge on any atom is 0.255 e. The van der Waals surface area contributed by atoms with E-state index in [1.807, 2.05) is 65.1 Å². The van der Waals surface area contributed by atoms with Gasteiger partial charge in [-0.3, -0.25) is 14.5 Å². The molecule has 2 aliphatic heterocycles. The number of carbonyl (C=O) groups excluding carboxylic acids is 2. The molecule has 8 nitrogen and oxygen atoms in total. The van der Waals surface area contributed by atoms with Crippen LogP contribution < -0.4 is 14.7 Å². The average molecular weight is 514 g/mol. The molecule has 8 heteroatoms.